The standard InChI is InChI=1S/C18H19ClN2O2/c19-15-6-4-13(5-7-15)17(22)14-8-11-21(12-9-14)18(23)16-3-1-2-10-20-16/h1-7,10,14,17,22H,8-9,11-12H2/t17-/m0/s1. The molecule has 2 aromatic rings. The van der Waals surface area contributed by atoms with Crippen LogP contribution in [0.3, 0.4) is 0 Å². The van der Waals surface area contributed by atoms with Crippen LogP contribution in [0.15, 0.2) is 48.7 Å². The monoisotopic (exact) mass is 330 g/mol. The molecule has 0 aliphatic carbocycles. The van der Waals surface area contributed by atoms with Crippen LogP contribution in [0.4, 0.5) is 0 Å². The minimum Gasteiger partial charge on any atom is -0.388 e. The quantitative estimate of drug-likeness (QED) is 0.939. The highest BCUT2D eigenvalue weighted by molar-refractivity contribution is 6.30. The second-order valence-corrected chi connectivity index (χ2v) is 6.28. The van der Waals surface area contributed by atoms with E-state index in [0.29, 0.717) is 23.8 Å². The van der Waals surface area contributed by atoms with E-state index in [1.165, 1.54) is 0 Å². The smallest absolute Gasteiger partial charge is 0.272 e. The van der Waals surface area contributed by atoms with Gasteiger partial charge in [-0.15, -0.1) is 0 Å². The highest BCUT2D eigenvalue weighted by Gasteiger charge is 2.28. The Hall–Kier alpha value is -1.91. The normalized spacial score (nSPS) is 17.0. The van der Waals surface area contributed by atoms with Crippen LogP contribution >= 0.6 is 11.6 Å². The number of aliphatic hydroxyl groups is 1. The molecule has 0 spiro atoms. The summed E-state index contributed by atoms with van der Waals surface area (Å²) in [5.74, 6) is 0.119. The van der Waals surface area contributed by atoms with Crippen LogP contribution in [0.1, 0.15) is 35.0 Å². The molecule has 1 N–H and O–H groups in total. The van der Waals surface area contributed by atoms with Gasteiger partial charge in [0.1, 0.15) is 5.69 Å². The first-order valence-corrected chi connectivity index (χ1v) is 8.17. The lowest BCUT2D eigenvalue weighted by Crippen LogP contribution is -2.40. The SMILES string of the molecule is O=C(c1ccccn1)N1CCC([C@@H](O)c2ccc(Cl)cc2)CC1. The summed E-state index contributed by atoms with van der Waals surface area (Å²) in [4.78, 5) is 18.3. The summed E-state index contributed by atoms with van der Waals surface area (Å²) in [5.41, 5.74) is 1.35. The zero-order chi connectivity index (χ0) is 16.2. The number of carbonyl (C=O) groups excluding carboxylic acids is 1. The van der Waals surface area contributed by atoms with Gasteiger partial charge in [-0.3, -0.25) is 9.78 Å². The molecule has 23 heavy (non-hydrogen) atoms. The summed E-state index contributed by atoms with van der Waals surface area (Å²) in [6, 6.07) is 12.6. The van der Waals surface area contributed by atoms with E-state index in [1.54, 1.807) is 30.5 Å². The van der Waals surface area contributed by atoms with Crippen LogP contribution in [0, 0.1) is 5.92 Å². The second-order valence-electron chi connectivity index (χ2n) is 5.84. The predicted octanol–water partition coefficient (Wildman–Crippen LogP) is 3.32. The number of rotatable bonds is 3. The van der Waals surface area contributed by atoms with Crippen LogP contribution in [0.2, 0.25) is 5.02 Å². The first kappa shape index (κ1) is 16.0. The Balaban J connectivity index is 1.60. The molecule has 0 unspecified atom stereocenters. The highest BCUT2D eigenvalue weighted by atomic mass is 35.5. The van der Waals surface area contributed by atoms with Crippen LogP contribution < -0.4 is 0 Å². The van der Waals surface area contributed by atoms with E-state index in [1.807, 2.05) is 23.1 Å². The van der Waals surface area contributed by atoms with Gasteiger partial charge in [-0.1, -0.05) is 29.8 Å². The Morgan fingerprint density at radius 3 is 2.48 bits per heavy atom. The Kier molecular flexibility index (Phi) is 4.94. The molecule has 1 fully saturated rings. The molecule has 1 saturated heterocycles. The maximum atomic E-state index is 12.4. The summed E-state index contributed by atoms with van der Waals surface area (Å²) < 4.78 is 0. The summed E-state index contributed by atoms with van der Waals surface area (Å²) in [5, 5.41) is 11.2. The average molecular weight is 331 g/mol. The lowest BCUT2D eigenvalue weighted by atomic mass is 9.87. The highest BCUT2D eigenvalue weighted by Crippen LogP contribution is 2.31. The molecule has 1 aromatic heterocycles. The van der Waals surface area contributed by atoms with Gasteiger partial charge in [0.05, 0.1) is 6.10 Å². The van der Waals surface area contributed by atoms with Gasteiger partial charge in [-0.05, 0) is 48.6 Å². The number of likely N-dealkylation sites (tertiary alicyclic amines) is 1. The van der Waals surface area contributed by atoms with Crippen molar-refractivity contribution in [3.05, 3.63) is 64.9 Å². The zero-order valence-electron chi connectivity index (χ0n) is 12.7. The Labute approximate surface area is 140 Å². The number of hydrogen-bond acceptors (Lipinski definition) is 3. The summed E-state index contributed by atoms with van der Waals surface area (Å²) >= 11 is 5.88. The number of halogens is 1. The van der Waals surface area contributed by atoms with Gasteiger partial charge in [0, 0.05) is 24.3 Å². The van der Waals surface area contributed by atoms with E-state index < -0.39 is 6.10 Å². The lowest BCUT2D eigenvalue weighted by Gasteiger charge is -2.34. The average Bonchev–Trinajstić information content (AvgIpc) is 2.62. The maximum absolute atomic E-state index is 12.4. The topological polar surface area (TPSA) is 53.4 Å². The van der Waals surface area contributed by atoms with E-state index in [-0.39, 0.29) is 11.8 Å². The van der Waals surface area contributed by atoms with Gasteiger partial charge >= 0.3 is 0 Å². The molecule has 0 saturated carbocycles. The number of aliphatic hydroxyl groups excluding tert-OH is 1. The number of hydrogen-bond donors (Lipinski definition) is 1. The molecule has 4 nitrogen and oxygen atoms in total. The van der Waals surface area contributed by atoms with Crippen molar-refractivity contribution in [1.82, 2.24) is 9.88 Å². The van der Waals surface area contributed by atoms with E-state index in [9.17, 15) is 9.90 Å². The van der Waals surface area contributed by atoms with Gasteiger partial charge in [0.25, 0.3) is 5.91 Å². The van der Waals surface area contributed by atoms with Crippen LogP contribution in [0.25, 0.3) is 0 Å². The van der Waals surface area contributed by atoms with E-state index >= 15 is 0 Å². The number of amides is 1. The molecule has 1 aliphatic heterocycles. The molecular formula is C18H19ClN2O2. The maximum Gasteiger partial charge on any atom is 0.272 e. The van der Waals surface area contributed by atoms with Crippen molar-refractivity contribution in [3.8, 4) is 0 Å². The number of pyridine rings is 1. The van der Waals surface area contributed by atoms with Gasteiger partial charge in [0.15, 0.2) is 0 Å². The third kappa shape index (κ3) is 3.71. The summed E-state index contributed by atoms with van der Waals surface area (Å²) in [6.45, 7) is 1.29. The van der Waals surface area contributed by atoms with Crippen LogP contribution in [-0.2, 0) is 0 Å². The van der Waals surface area contributed by atoms with Crippen LogP contribution in [-0.4, -0.2) is 34.0 Å². The number of benzene rings is 1. The van der Waals surface area contributed by atoms with Crippen molar-refractivity contribution in [2.75, 3.05) is 13.1 Å². The molecule has 0 radical (unpaired) electrons. The van der Waals surface area contributed by atoms with Crippen LogP contribution in [0.5, 0.6) is 0 Å². The van der Waals surface area contributed by atoms with Gasteiger partial charge in [0.2, 0.25) is 0 Å². The number of carbonyl (C=O) groups is 1. The largest absolute Gasteiger partial charge is 0.388 e. The second kappa shape index (κ2) is 7.11. The van der Waals surface area contributed by atoms with Gasteiger partial charge < -0.3 is 10.0 Å². The molecular weight excluding hydrogens is 312 g/mol. The van der Waals surface area contributed by atoms with Crippen molar-refractivity contribution < 1.29 is 9.90 Å². The Morgan fingerprint density at radius 1 is 1.17 bits per heavy atom. The number of piperidine rings is 1. The first-order chi connectivity index (χ1) is 11.1. The van der Waals surface area contributed by atoms with Crippen molar-refractivity contribution in [2.45, 2.75) is 18.9 Å². The number of nitrogens with zero attached hydrogens (tertiary/aromatic N) is 2. The molecule has 120 valence electrons. The molecule has 2 heterocycles. The third-order valence-electron chi connectivity index (χ3n) is 4.37. The minimum absolute atomic E-state index is 0.0370. The molecule has 3 rings (SSSR count). The molecule has 5 heteroatoms. The fraction of sp³-hybridized carbons (Fsp3) is 0.333. The summed E-state index contributed by atoms with van der Waals surface area (Å²) in [6.07, 6.45) is 2.68. The fourth-order valence-electron chi connectivity index (χ4n) is 3.00. The Morgan fingerprint density at radius 2 is 1.87 bits per heavy atom. The van der Waals surface area contributed by atoms with Crippen molar-refractivity contribution in [1.29, 1.82) is 0 Å². The molecule has 1 atom stereocenters. The summed E-state index contributed by atoms with van der Waals surface area (Å²) in [7, 11) is 0. The Bertz CT molecular complexity index is 652. The van der Waals surface area contributed by atoms with Crippen molar-refractivity contribution in [3.63, 3.8) is 0 Å². The number of aromatic nitrogens is 1. The lowest BCUT2D eigenvalue weighted by molar-refractivity contribution is 0.0458. The first-order valence-electron chi connectivity index (χ1n) is 7.79. The molecule has 1 aromatic carbocycles. The van der Waals surface area contributed by atoms with Gasteiger partial charge in [-0.2, -0.15) is 0 Å². The molecule has 0 bridgehead atoms. The minimum atomic E-state index is -0.514. The van der Waals surface area contributed by atoms with Crippen molar-refractivity contribution >= 4 is 17.5 Å². The molecule has 1 amide bonds. The van der Waals surface area contributed by atoms with E-state index in [4.69, 9.17) is 11.6 Å². The fourth-order valence-corrected chi connectivity index (χ4v) is 3.13. The van der Waals surface area contributed by atoms with E-state index in [0.717, 1.165) is 18.4 Å². The zero-order valence-corrected chi connectivity index (χ0v) is 13.5. The van der Waals surface area contributed by atoms with E-state index in [2.05, 4.69) is 4.98 Å². The van der Waals surface area contributed by atoms with Gasteiger partial charge in [-0.25, -0.2) is 0 Å². The third-order valence-corrected chi connectivity index (χ3v) is 4.62. The molecule has 1 aliphatic rings. The predicted molar refractivity (Wildman–Crippen MR) is 89.3 cm³/mol. The van der Waals surface area contributed by atoms with Crippen molar-refractivity contribution in [2.24, 2.45) is 5.92 Å².